The molecule has 1 amide bonds. The molecule has 0 unspecified atom stereocenters. The summed E-state index contributed by atoms with van der Waals surface area (Å²) in [6.45, 7) is 0.440. The largest absolute Gasteiger partial charge is 0.493 e. The molecule has 4 aromatic rings. The molecule has 0 saturated carbocycles. The number of fused-ring (bicyclic) bond motifs is 1. The summed E-state index contributed by atoms with van der Waals surface area (Å²) in [5.41, 5.74) is 1.69. The highest BCUT2D eigenvalue weighted by Gasteiger charge is 2.14. The Kier molecular flexibility index (Phi) is 6.12. The molecule has 32 heavy (non-hydrogen) atoms. The summed E-state index contributed by atoms with van der Waals surface area (Å²) in [5.74, 6) is 0.717. The van der Waals surface area contributed by atoms with E-state index >= 15 is 0 Å². The summed E-state index contributed by atoms with van der Waals surface area (Å²) in [6.07, 6.45) is 3.37. The zero-order valence-electron chi connectivity index (χ0n) is 17.7. The Labute approximate surface area is 184 Å². The number of pyridine rings is 1. The maximum Gasteiger partial charge on any atom is 0.274 e. The molecule has 0 bridgehead atoms. The van der Waals surface area contributed by atoms with Gasteiger partial charge in [0.2, 0.25) is 0 Å². The van der Waals surface area contributed by atoms with Crippen LogP contribution in [0.4, 0.5) is 0 Å². The van der Waals surface area contributed by atoms with Crippen molar-refractivity contribution in [1.82, 2.24) is 20.1 Å². The number of amides is 1. The van der Waals surface area contributed by atoms with Crippen molar-refractivity contribution in [3.05, 3.63) is 94.2 Å². The van der Waals surface area contributed by atoms with Crippen molar-refractivity contribution in [2.45, 2.75) is 13.1 Å². The molecule has 2 aromatic heterocycles. The zero-order valence-corrected chi connectivity index (χ0v) is 17.7. The Morgan fingerprint density at radius 3 is 2.50 bits per heavy atom. The van der Waals surface area contributed by atoms with Crippen LogP contribution in [0.2, 0.25) is 0 Å². The molecule has 0 saturated heterocycles. The SMILES string of the molecule is COc1ccc(C(=O)NCc2nn(Cc3cccnc3)c(=O)c3ccccc23)cc1OC. The fourth-order valence-electron chi connectivity index (χ4n) is 3.45. The fourth-order valence-corrected chi connectivity index (χ4v) is 3.45. The van der Waals surface area contributed by atoms with Crippen molar-refractivity contribution < 1.29 is 14.3 Å². The van der Waals surface area contributed by atoms with E-state index in [1.807, 2.05) is 30.3 Å². The molecule has 4 rings (SSSR count). The number of ether oxygens (including phenoxy) is 2. The van der Waals surface area contributed by atoms with Gasteiger partial charge in [-0.05, 0) is 35.9 Å². The first-order valence-corrected chi connectivity index (χ1v) is 9.98. The van der Waals surface area contributed by atoms with Crippen LogP contribution in [-0.2, 0) is 13.1 Å². The Morgan fingerprint density at radius 2 is 1.78 bits per heavy atom. The highest BCUT2D eigenvalue weighted by Crippen LogP contribution is 2.27. The van der Waals surface area contributed by atoms with E-state index < -0.39 is 0 Å². The molecule has 0 fully saturated rings. The topological polar surface area (TPSA) is 95.3 Å². The van der Waals surface area contributed by atoms with Gasteiger partial charge in [0.25, 0.3) is 11.5 Å². The second kappa shape index (κ2) is 9.30. The Balaban J connectivity index is 1.63. The number of carbonyl (C=O) groups is 1. The van der Waals surface area contributed by atoms with E-state index in [4.69, 9.17) is 9.47 Å². The molecular formula is C24H22N4O4. The monoisotopic (exact) mass is 430 g/mol. The Bertz CT molecular complexity index is 1320. The molecule has 0 radical (unpaired) electrons. The van der Waals surface area contributed by atoms with Crippen LogP contribution in [0.1, 0.15) is 21.6 Å². The quantitative estimate of drug-likeness (QED) is 0.484. The van der Waals surface area contributed by atoms with Gasteiger partial charge in [-0.2, -0.15) is 5.10 Å². The predicted octanol–water partition coefficient (Wildman–Crippen LogP) is 2.79. The summed E-state index contributed by atoms with van der Waals surface area (Å²) >= 11 is 0. The van der Waals surface area contributed by atoms with Crippen LogP contribution >= 0.6 is 0 Å². The third-order valence-corrected chi connectivity index (χ3v) is 5.06. The van der Waals surface area contributed by atoms with Gasteiger partial charge in [0.15, 0.2) is 11.5 Å². The lowest BCUT2D eigenvalue weighted by atomic mass is 10.1. The summed E-state index contributed by atoms with van der Waals surface area (Å²) in [7, 11) is 3.05. The molecule has 0 aliphatic rings. The van der Waals surface area contributed by atoms with Crippen LogP contribution in [0.3, 0.4) is 0 Å². The van der Waals surface area contributed by atoms with Gasteiger partial charge in [-0.1, -0.05) is 24.3 Å². The van der Waals surface area contributed by atoms with E-state index in [0.717, 1.165) is 5.56 Å². The Hall–Kier alpha value is -4.20. The van der Waals surface area contributed by atoms with Gasteiger partial charge in [0.1, 0.15) is 0 Å². The number of carbonyl (C=O) groups excluding carboxylic acids is 1. The number of hydrogen-bond acceptors (Lipinski definition) is 6. The van der Waals surface area contributed by atoms with E-state index in [1.54, 1.807) is 36.7 Å². The van der Waals surface area contributed by atoms with Gasteiger partial charge in [0.05, 0.1) is 38.4 Å². The van der Waals surface area contributed by atoms with Gasteiger partial charge >= 0.3 is 0 Å². The first-order valence-electron chi connectivity index (χ1n) is 9.98. The lowest BCUT2D eigenvalue weighted by Crippen LogP contribution is -2.29. The molecule has 2 aromatic carbocycles. The minimum Gasteiger partial charge on any atom is -0.493 e. The molecule has 162 valence electrons. The average Bonchev–Trinajstić information content (AvgIpc) is 2.85. The van der Waals surface area contributed by atoms with E-state index in [-0.39, 0.29) is 24.6 Å². The Morgan fingerprint density at radius 1 is 1.00 bits per heavy atom. The van der Waals surface area contributed by atoms with Crippen molar-refractivity contribution in [1.29, 1.82) is 0 Å². The second-order valence-electron chi connectivity index (χ2n) is 7.07. The van der Waals surface area contributed by atoms with E-state index in [0.29, 0.717) is 33.5 Å². The van der Waals surface area contributed by atoms with E-state index in [1.165, 1.54) is 18.9 Å². The highest BCUT2D eigenvalue weighted by molar-refractivity contribution is 5.95. The number of rotatable bonds is 7. The van der Waals surface area contributed by atoms with Crippen LogP contribution in [0.15, 0.2) is 71.8 Å². The van der Waals surface area contributed by atoms with Crippen LogP contribution in [0.25, 0.3) is 10.8 Å². The van der Waals surface area contributed by atoms with Crippen molar-refractivity contribution >= 4 is 16.7 Å². The summed E-state index contributed by atoms with van der Waals surface area (Å²) in [4.78, 5) is 29.8. The summed E-state index contributed by atoms with van der Waals surface area (Å²) < 4.78 is 11.9. The molecule has 1 N–H and O–H groups in total. The van der Waals surface area contributed by atoms with Gasteiger partial charge in [-0.3, -0.25) is 14.6 Å². The smallest absolute Gasteiger partial charge is 0.274 e. The standard InChI is InChI=1S/C24H22N4O4/c1-31-21-10-9-17(12-22(21)32-2)23(29)26-14-20-18-7-3-4-8-19(18)24(30)28(27-20)15-16-6-5-11-25-13-16/h3-13H,14-15H2,1-2H3,(H,26,29). The maximum absolute atomic E-state index is 12.9. The molecule has 0 atom stereocenters. The van der Waals surface area contributed by atoms with Crippen molar-refractivity contribution in [2.75, 3.05) is 14.2 Å². The predicted molar refractivity (Wildman–Crippen MR) is 120 cm³/mol. The second-order valence-corrected chi connectivity index (χ2v) is 7.07. The first-order chi connectivity index (χ1) is 15.6. The number of nitrogens with zero attached hydrogens (tertiary/aromatic N) is 3. The molecule has 0 aliphatic heterocycles. The van der Waals surface area contributed by atoms with Crippen LogP contribution in [0.5, 0.6) is 11.5 Å². The minimum absolute atomic E-state index is 0.154. The molecule has 0 aliphatic carbocycles. The van der Waals surface area contributed by atoms with Crippen LogP contribution in [0, 0.1) is 0 Å². The van der Waals surface area contributed by atoms with Crippen LogP contribution < -0.4 is 20.3 Å². The third-order valence-electron chi connectivity index (χ3n) is 5.06. The number of benzene rings is 2. The van der Waals surface area contributed by atoms with Crippen molar-refractivity contribution in [2.24, 2.45) is 0 Å². The average molecular weight is 430 g/mol. The summed E-state index contributed by atoms with van der Waals surface area (Å²) in [5, 5.41) is 8.67. The molecule has 8 heteroatoms. The highest BCUT2D eigenvalue weighted by atomic mass is 16.5. The maximum atomic E-state index is 12.9. The number of methoxy groups -OCH3 is 2. The van der Waals surface area contributed by atoms with Gasteiger partial charge < -0.3 is 14.8 Å². The van der Waals surface area contributed by atoms with E-state index in [2.05, 4.69) is 15.4 Å². The number of nitrogens with one attached hydrogen (secondary N) is 1. The molecule has 8 nitrogen and oxygen atoms in total. The van der Waals surface area contributed by atoms with Gasteiger partial charge in [-0.25, -0.2) is 4.68 Å². The third kappa shape index (κ3) is 4.29. The molecule has 2 heterocycles. The molecule has 0 spiro atoms. The number of hydrogen-bond donors (Lipinski definition) is 1. The lowest BCUT2D eigenvalue weighted by Gasteiger charge is -2.13. The first kappa shape index (κ1) is 21.0. The fraction of sp³-hybridized carbons (Fsp3) is 0.167. The van der Waals surface area contributed by atoms with Crippen molar-refractivity contribution in [3.8, 4) is 11.5 Å². The van der Waals surface area contributed by atoms with Gasteiger partial charge in [0, 0.05) is 23.3 Å². The minimum atomic E-state index is -0.290. The van der Waals surface area contributed by atoms with Crippen molar-refractivity contribution in [3.63, 3.8) is 0 Å². The molecular weight excluding hydrogens is 408 g/mol. The van der Waals surface area contributed by atoms with Gasteiger partial charge in [-0.15, -0.1) is 0 Å². The van der Waals surface area contributed by atoms with Crippen LogP contribution in [-0.4, -0.2) is 34.9 Å². The van der Waals surface area contributed by atoms with E-state index in [9.17, 15) is 9.59 Å². The number of aromatic nitrogens is 3. The lowest BCUT2D eigenvalue weighted by molar-refractivity contribution is 0.0950. The zero-order chi connectivity index (χ0) is 22.5. The normalized spacial score (nSPS) is 10.7. The summed E-state index contributed by atoms with van der Waals surface area (Å²) in [6, 6.07) is 15.9.